The Morgan fingerprint density at radius 2 is 1.95 bits per heavy atom. The molecular formula is C30H35ClN6O4. The Hall–Kier alpha value is -3.57. The minimum absolute atomic E-state index is 0.120. The molecule has 11 heteroatoms. The predicted octanol–water partition coefficient (Wildman–Crippen LogP) is 3.26. The quantitative estimate of drug-likeness (QED) is 0.335. The van der Waals surface area contributed by atoms with Crippen molar-refractivity contribution >= 4 is 29.4 Å². The van der Waals surface area contributed by atoms with Gasteiger partial charge in [-0.15, -0.1) is 0 Å². The van der Waals surface area contributed by atoms with Crippen LogP contribution in [-0.4, -0.2) is 83.2 Å². The van der Waals surface area contributed by atoms with Crippen LogP contribution in [-0.2, 0) is 22.6 Å². The van der Waals surface area contributed by atoms with Crippen LogP contribution in [0.25, 0.3) is 11.3 Å². The first-order valence-corrected chi connectivity index (χ1v) is 14.1. The lowest BCUT2D eigenvalue weighted by Gasteiger charge is -2.23. The van der Waals surface area contributed by atoms with Gasteiger partial charge < -0.3 is 30.3 Å². The number of ether oxygens (including phenoxy) is 1. The summed E-state index contributed by atoms with van der Waals surface area (Å²) >= 11 is 6.46. The van der Waals surface area contributed by atoms with Gasteiger partial charge in [-0.05, 0) is 49.7 Å². The number of nitrogens with one attached hydrogen (secondary N) is 2. The van der Waals surface area contributed by atoms with Crippen molar-refractivity contribution in [3.63, 3.8) is 0 Å². The third-order valence-corrected chi connectivity index (χ3v) is 7.57. The molecule has 3 N–H and O–H groups in total. The van der Waals surface area contributed by atoms with Gasteiger partial charge in [0.2, 0.25) is 11.9 Å². The number of aliphatic hydroxyl groups excluding tert-OH is 1. The van der Waals surface area contributed by atoms with Crippen molar-refractivity contribution in [1.82, 2.24) is 25.1 Å². The fourth-order valence-electron chi connectivity index (χ4n) is 5.17. The van der Waals surface area contributed by atoms with E-state index in [2.05, 4.69) is 25.5 Å². The first-order valence-electron chi connectivity index (χ1n) is 13.7. The maximum atomic E-state index is 13.3. The predicted molar refractivity (Wildman–Crippen MR) is 156 cm³/mol. The van der Waals surface area contributed by atoms with E-state index in [0.717, 1.165) is 36.1 Å². The standard InChI is InChI=1S/C30H35ClN6O4/c1-36(2)15-19-3-5-20(6-4-19)26(18-38)34-27(39)17-37-16-22-8-7-21(13-24(22)29(37)40)28-25(31)14-32-30(35-28)33-23-9-11-41-12-10-23/h3-8,13-14,23,26,38H,9-12,15-18H2,1-2H3,(H,34,39)(H,32,33,35). The fraction of sp³-hybridized carbons (Fsp3) is 0.400. The smallest absolute Gasteiger partial charge is 0.254 e. The average Bonchev–Trinajstić information content (AvgIpc) is 3.27. The molecule has 3 heterocycles. The summed E-state index contributed by atoms with van der Waals surface area (Å²) in [6.07, 6.45) is 3.31. The van der Waals surface area contributed by atoms with Gasteiger partial charge in [-0.3, -0.25) is 9.59 Å². The topological polar surface area (TPSA) is 120 Å². The normalized spacial score (nSPS) is 16.1. The van der Waals surface area contributed by atoms with Crippen molar-refractivity contribution in [2.75, 3.05) is 45.8 Å². The highest BCUT2D eigenvalue weighted by Gasteiger charge is 2.30. The zero-order valence-corrected chi connectivity index (χ0v) is 24.0. The van der Waals surface area contributed by atoms with Crippen molar-refractivity contribution in [1.29, 1.82) is 0 Å². The number of amides is 2. The van der Waals surface area contributed by atoms with Crippen molar-refractivity contribution < 1.29 is 19.4 Å². The van der Waals surface area contributed by atoms with Crippen LogP contribution >= 0.6 is 11.6 Å². The number of nitrogens with zero attached hydrogens (tertiary/aromatic N) is 4. The molecule has 216 valence electrons. The van der Waals surface area contributed by atoms with Gasteiger partial charge in [-0.1, -0.05) is 48.0 Å². The van der Waals surface area contributed by atoms with Crippen LogP contribution in [0.15, 0.2) is 48.7 Å². The van der Waals surface area contributed by atoms with Crippen LogP contribution in [0.2, 0.25) is 5.02 Å². The second-order valence-corrected chi connectivity index (χ2v) is 11.1. The molecule has 0 spiro atoms. The first kappa shape index (κ1) is 28.9. The molecule has 1 unspecified atom stereocenters. The van der Waals surface area contributed by atoms with E-state index in [-0.39, 0.29) is 31.0 Å². The maximum Gasteiger partial charge on any atom is 0.254 e. The third-order valence-electron chi connectivity index (χ3n) is 7.29. The summed E-state index contributed by atoms with van der Waals surface area (Å²) in [5, 5.41) is 16.5. The zero-order valence-electron chi connectivity index (χ0n) is 23.3. The van der Waals surface area contributed by atoms with Crippen LogP contribution in [0.3, 0.4) is 0 Å². The molecule has 1 fully saturated rings. The van der Waals surface area contributed by atoms with Gasteiger partial charge in [0.25, 0.3) is 5.91 Å². The summed E-state index contributed by atoms with van der Waals surface area (Å²) in [4.78, 5) is 38.7. The molecule has 1 atom stereocenters. The van der Waals surface area contributed by atoms with Crippen molar-refractivity contribution in [2.24, 2.45) is 0 Å². The second kappa shape index (κ2) is 12.9. The van der Waals surface area contributed by atoms with E-state index in [0.29, 0.717) is 47.6 Å². The molecule has 41 heavy (non-hydrogen) atoms. The summed E-state index contributed by atoms with van der Waals surface area (Å²) in [7, 11) is 3.99. The summed E-state index contributed by atoms with van der Waals surface area (Å²) in [6, 6.07) is 13.0. The molecule has 5 rings (SSSR count). The molecular weight excluding hydrogens is 544 g/mol. The minimum atomic E-state index is -0.563. The number of halogens is 1. The highest BCUT2D eigenvalue weighted by molar-refractivity contribution is 6.33. The maximum absolute atomic E-state index is 13.3. The Morgan fingerprint density at radius 3 is 2.66 bits per heavy atom. The molecule has 0 radical (unpaired) electrons. The molecule has 0 bridgehead atoms. The van der Waals surface area contributed by atoms with Gasteiger partial charge >= 0.3 is 0 Å². The van der Waals surface area contributed by atoms with Gasteiger partial charge in [0.15, 0.2) is 0 Å². The van der Waals surface area contributed by atoms with Crippen molar-refractivity contribution in [3.8, 4) is 11.3 Å². The largest absolute Gasteiger partial charge is 0.394 e. The summed E-state index contributed by atoms with van der Waals surface area (Å²) in [6.45, 7) is 2.15. The molecule has 3 aromatic rings. The van der Waals surface area contributed by atoms with E-state index in [1.54, 1.807) is 12.3 Å². The summed E-state index contributed by atoms with van der Waals surface area (Å²) < 4.78 is 5.42. The van der Waals surface area contributed by atoms with Crippen molar-refractivity contribution in [3.05, 3.63) is 75.9 Å². The number of rotatable bonds is 10. The van der Waals surface area contributed by atoms with Gasteiger partial charge in [-0.2, -0.15) is 0 Å². The van der Waals surface area contributed by atoms with Crippen LogP contribution in [0.5, 0.6) is 0 Å². The van der Waals surface area contributed by atoms with E-state index in [9.17, 15) is 14.7 Å². The molecule has 1 aromatic heterocycles. The average molecular weight is 579 g/mol. The molecule has 2 aliphatic rings. The SMILES string of the molecule is CN(C)Cc1ccc(C(CO)NC(=O)CN2Cc3ccc(-c4nc(NC5CCOCC5)ncc4Cl)cc3C2=O)cc1. The van der Waals surface area contributed by atoms with Crippen LogP contribution in [0.1, 0.15) is 45.9 Å². The van der Waals surface area contributed by atoms with Gasteiger partial charge in [0.1, 0.15) is 6.54 Å². The Balaban J connectivity index is 1.24. The third kappa shape index (κ3) is 7.02. The number of carbonyl (C=O) groups is 2. The number of carbonyl (C=O) groups excluding carboxylic acids is 2. The van der Waals surface area contributed by atoms with E-state index in [1.807, 2.05) is 50.5 Å². The van der Waals surface area contributed by atoms with Crippen LogP contribution in [0.4, 0.5) is 5.95 Å². The Bertz CT molecular complexity index is 1390. The Labute approximate surface area is 244 Å². The molecule has 2 aliphatic heterocycles. The lowest BCUT2D eigenvalue weighted by atomic mass is 10.0. The number of benzene rings is 2. The lowest BCUT2D eigenvalue weighted by Crippen LogP contribution is -2.40. The van der Waals surface area contributed by atoms with Gasteiger partial charge in [-0.25, -0.2) is 9.97 Å². The molecule has 2 aromatic carbocycles. The summed E-state index contributed by atoms with van der Waals surface area (Å²) in [5.41, 5.74) is 4.51. The van der Waals surface area contributed by atoms with E-state index >= 15 is 0 Å². The number of anilines is 1. The number of hydrogen-bond acceptors (Lipinski definition) is 8. The number of hydrogen-bond donors (Lipinski definition) is 3. The number of fused-ring (bicyclic) bond motifs is 1. The first-order chi connectivity index (χ1) is 19.8. The zero-order chi connectivity index (χ0) is 28.9. The minimum Gasteiger partial charge on any atom is -0.394 e. The molecule has 0 aliphatic carbocycles. The highest BCUT2D eigenvalue weighted by atomic mass is 35.5. The Kier molecular flexibility index (Phi) is 9.14. The van der Waals surface area contributed by atoms with Crippen LogP contribution < -0.4 is 10.6 Å². The number of aliphatic hydroxyl groups is 1. The lowest BCUT2D eigenvalue weighted by molar-refractivity contribution is -0.122. The fourth-order valence-corrected chi connectivity index (χ4v) is 5.37. The van der Waals surface area contributed by atoms with Crippen LogP contribution in [0, 0.1) is 0 Å². The number of aromatic nitrogens is 2. The second-order valence-electron chi connectivity index (χ2n) is 10.7. The monoisotopic (exact) mass is 578 g/mol. The van der Waals surface area contributed by atoms with E-state index in [1.165, 1.54) is 4.90 Å². The van der Waals surface area contributed by atoms with Gasteiger partial charge in [0.05, 0.1) is 29.6 Å². The molecule has 0 saturated carbocycles. The Morgan fingerprint density at radius 1 is 1.20 bits per heavy atom. The summed E-state index contributed by atoms with van der Waals surface area (Å²) in [5.74, 6) is -0.103. The van der Waals surface area contributed by atoms with Crippen molar-refractivity contribution in [2.45, 2.75) is 38.0 Å². The molecule has 2 amide bonds. The van der Waals surface area contributed by atoms with Gasteiger partial charge in [0, 0.05) is 43.5 Å². The highest BCUT2D eigenvalue weighted by Crippen LogP contribution is 2.31. The van der Waals surface area contributed by atoms with E-state index < -0.39 is 6.04 Å². The molecule has 1 saturated heterocycles. The van der Waals surface area contributed by atoms with E-state index in [4.69, 9.17) is 16.3 Å². The molecule has 10 nitrogen and oxygen atoms in total.